The first-order valence-corrected chi connectivity index (χ1v) is 11.7. The highest BCUT2D eigenvalue weighted by Crippen LogP contribution is 2.38. The molecule has 1 saturated heterocycles. The van der Waals surface area contributed by atoms with Gasteiger partial charge in [0.2, 0.25) is 5.91 Å². The molecule has 0 saturated carbocycles. The Morgan fingerprint density at radius 1 is 1.18 bits per heavy atom. The predicted molar refractivity (Wildman–Crippen MR) is 131 cm³/mol. The van der Waals surface area contributed by atoms with Crippen molar-refractivity contribution in [2.24, 2.45) is 7.05 Å². The molecule has 0 spiro atoms. The van der Waals surface area contributed by atoms with Crippen molar-refractivity contribution in [3.63, 3.8) is 0 Å². The van der Waals surface area contributed by atoms with E-state index in [2.05, 4.69) is 10.3 Å². The van der Waals surface area contributed by atoms with Crippen molar-refractivity contribution >= 4 is 45.6 Å². The lowest BCUT2D eigenvalue weighted by Crippen LogP contribution is -2.27. The lowest BCUT2D eigenvalue weighted by atomic mass is 10.1. The number of benzene rings is 2. The van der Waals surface area contributed by atoms with Crippen LogP contribution in [0.25, 0.3) is 22.0 Å². The van der Waals surface area contributed by atoms with Crippen LogP contribution in [0.4, 0.5) is 10.8 Å². The molecule has 1 fully saturated rings. The molecule has 4 aromatic rings. The van der Waals surface area contributed by atoms with E-state index in [1.165, 1.54) is 11.3 Å². The minimum Gasteiger partial charge on any atom is -0.333 e. The molecule has 1 N–H and O–H groups in total. The Balaban J connectivity index is 1.52. The van der Waals surface area contributed by atoms with Crippen LogP contribution in [0.3, 0.4) is 0 Å². The maximum atomic E-state index is 13.3. The molecule has 9 heteroatoms. The van der Waals surface area contributed by atoms with Crippen LogP contribution in [0.1, 0.15) is 23.2 Å². The molecular weight excluding hydrogens is 458 g/mol. The summed E-state index contributed by atoms with van der Waals surface area (Å²) >= 11 is 7.54. The van der Waals surface area contributed by atoms with Gasteiger partial charge in [-0.1, -0.05) is 53.3 Å². The van der Waals surface area contributed by atoms with Crippen molar-refractivity contribution in [2.45, 2.75) is 12.8 Å². The first kappa shape index (κ1) is 21.4. The van der Waals surface area contributed by atoms with Gasteiger partial charge in [-0.3, -0.25) is 14.9 Å². The number of nitrogens with one attached hydrogen (secondary N) is 1. The standard InChI is InChI=1S/C24H20ClN5O2S/c1-29-13-11-26-22(29)21-20(15-6-3-2-4-7-15)27-24(33-21)28-23(32)17-10-9-16(25)14-18(17)30-12-5-8-19(30)31/h2-4,6-7,9-11,13-14H,5,8,12H2,1H3,(H,27,28,32). The van der Waals surface area contributed by atoms with E-state index in [0.29, 0.717) is 34.4 Å². The van der Waals surface area contributed by atoms with Crippen molar-refractivity contribution < 1.29 is 9.59 Å². The van der Waals surface area contributed by atoms with Gasteiger partial charge in [0.05, 0.1) is 21.8 Å². The second kappa shape index (κ2) is 8.80. The van der Waals surface area contributed by atoms with Crippen molar-refractivity contribution in [2.75, 3.05) is 16.8 Å². The summed E-state index contributed by atoms with van der Waals surface area (Å²) in [6.07, 6.45) is 4.82. The summed E-state index contributed by atoms with van der Waals surface area (Å²) in [7, 11) is 1.92. The van der Waals surface area contributed by atoms with Crippen LogP contribution >= 0.6 is 22.9 Å². The van der Waals surface area contributed by atoms with Crippen LogP contribution in [0.15, 0.2) is 60.9 Å². The Hall–Kier alpha value is -3.49. The number of imidazole rings is 1. The first-order valence-electron chi connectivity index (χ1n) is 10.5. The zero-order valence-corrected chi connectivity index (χ0v) is 19.4. The maximum absolute atomic E-state index is 13.3. The molecule has 0 unspecified atom stereocenters. The van der Waals surface area contributed by atoms with E-state index < -0.39 is 0 Å². The second-order valence-corrected chi connectivity index (χ2v) is 9.12. The van der Waals surface area contributed by atoms with Crippen LogP contribution < -0.4 is 10.2 Å². The number of rotatable bonds is 5. The Labute approximate surface area is 199 Å². The molecule has 1 aliphatic heterocycles. The topological polar surface area (TPSA) is 80.1 Å². The molecule has 166 valence electrons. The minimum absolute atomic E-state index is 0.0102. The van der Waals surface area contributed by atoms with Crippen LogP contribution in [0, 0.1) is 0 Å². The molecule has 3 heterocycles. The minimum atomic E-state index is -0.346. The normalized spacial score (nSPS) is 13.5. The molecule has 5 rings (SSSR count). The Bertz CT molecular complexity index is 1350. The third-order valence-electron chi connectivity index (χ3n) is 5.49. The van der Waals surface area contributed by atoms with E-state index in [1.54, 1.807) is 29.3 Å². The number of carbonyl (C=O) groups excluding carboxylic acids is 2. The number of hydrogen-bond donors (Lipinski definition) is 1. The van der Waals surface area contributed by atoms with Crippen LogP contribution in [0.2, 0.25) is 5.02 Å². The van der Waals surface area contributed by atoms with E-state index in [0.717, 1.165) is 28.4 Å². The van der Waals surface area contributed by atoms with Crippen LogP contribution in [0.5, 0.6) is 0 Å². The zero-order chi connectivity index (χ0) is 22.9. The molecule has 0 bridgehead atoms. The van der Waals surface area contributed by atoms with Gasteiger partial charge in [0.15, 0.2) is 11.0 Å². The summed E-state index contributed by atoms with van der Waals surface area (Å²) in [4.78, 5) is 37.3. The molecule has 2 aromatic carbocycles. The number of anilines is 2. The van der Waals surface area contributed by atoms with Gasteiger partial charge in [-0.2, -0.15) is 0 Å². The summed E-state index contributed by atoms with van der Waals surface area (Å²) < 4.78 is 1.92. The fraction of sp³-hybridized carbons (Fsp3) is 0.167. The van der Waals surface area contributed by atoms with E-state index in [4.69, 9.17) is 16.6 Å². The van der Waals surface area contributed by atoms with Gasteiger partial charge in [-0.25, -0.2) is 9.97 Å². The Morgan fingerprint density at radius 2 is 2.00 bits per heavy atom. The number of aromatic nitrogens is 3. The molecule has 1 aliphatic rings. The van der Waals surface area contributed by atoms with Gasteiger partial charge >= 0.3 is 0 Å². The van der Waals surface area contributed by atoms with Crippen molar-refractivity contribution in [3.05, 3.63) is 71.5 Å². The average molecular weight is 478 g/mol. The SMILES string of the molecule is Cn1ccnc1-c1sc(NC(=O)c2ccc(Cl)cc2N2CCCC2=O)nc1-c1ccccc1. The zero-order valence-electron chi connectivity index (χ0n) is 17.8. The van der Waals surface area contributed by atoms with Crippen molar-refractivity contribution in [1.29, 1.82) is 0 Å². The second-order valence-electron chi connectivity index (χ2n) is 7.69. The summed E-state index contributed by atoms with van der Waals surface area (Å²) in [5, 5.41) is 3.84. The number of halogens is 1. The number of carbonyl (C=O) groups is 2. The van der Waals surface area contributed by atoms with Gasteiger partial charge < -0.3 is 9.47 Å². The average Bonchev–Trinajstić information content (AvgIpc) is 3.54. The third-order valence-corrected chi connectivity index (χ3v) is 6.69. The molecule has 0 radical (unpaired) electrons. The van der Waals surface area contributed by atoms with E-state index >= 15 is 0 Å². The van der Waals surface area contributed by atoms with Crippen LogP contribution in [-0.4, -0.2) is 32.9 Å². The molecule has 7 nitrogen and oxygen atoms in total. The largest absolute Gasteiger partial charge is 0.333 e. The molecule has 33 heavy (non-hydrogen) atoms. The fourth-order valence-electron chi connectivity index (χ4n) is 3.89. The highest BCUT2D eigenvalue weighted by Gasteiger charge is 2.27. The molecule has 2 amide bonds. The Kier molecular flexibility index (Phi) is 5.70. The number of amides is 2. The summed E-state index contributed by atoms with van der Waals surface area (Å²) in [5.41, 5.74) is 2.58. The van der Waals surface area contributed by atoms with Gasteiger partial charge in [0.25, 0.3) is 5.91 Å². The Morgan fingerprint density at radius 3 is 2.70 bits per heavy atom. The third kappa shape index (κ3) is 4.15. The first-order chi connectivity index (χ1) is 16.0. The predicted octanol–water partition coefficient (Wildman–Crippen LogP) is 5.24. The monoisotopic (exact) mass is 477 g/mol. The quantitative estimate of drug-likeness (QED) is 0.426. The number of hydrogen-bond acceptors (Lipinski definition) is 5. The molecule has 0 aliphatic carbocycles. The number of aryl methyl sites for hydroxylation is 1. The fourth-order valence-corrected chi connectivity index (χ4v) is 5.08. The smallest absolute Gasteiger partial charge is 0.259 e. The number of nitrogens with zero attached hydrogens (tertiary/aromatic N) is 4. The molecular formula is C24H20ClN5O2S. The lowest BCUT2D eigenvalue weighted by Gasteiger charge is -2.19. The highest BCUT2D eigenvalue weighted by molar-refractivity contribution is 7.19. The van der Waals surface area contributed by atoms with Crippen molar-refractivity contribution in [3.8, 4) is 22.0 Å². The van der Waals surface area contributed by atoms with Crippen molar-refractivity contribution in [1.82, 2.24) is 14.5 Å². The van der Waals surface area contributed by atoms with E-state index in [1.807, 2.05) is 48.1 Å². The summed E-state index contributed by atoms with van der Waals surface area (Å²) in [5.74, 6) is 0.409. The van der Waals surface area contributed by atoms with E-state index in [-0.39, 0.29) is 11.8 Å². The summed E-state index contributed by atoms with van der Waals surface area (Å²) in [6, 6.07) is 14.7. The van der Waals surface area contributed by atoms with Gasteiger partial charge in [0, 0.05) is 43.0 Å². The summed E-state index contributed by atoms with van der Waals surface area (Å²) in [6.45, 7) is 0.568. The highest BCUT2D eigenvalue weighted by atomic mass is 35.5. The van der Waals surface area contributed by atoms with Gasteiger partial charge in [0.1, 0.15) is 0 Å². The molecule has 0 atom stereocenters. The van der Waals surface area contributed by atoms with Crippen LogP contribution in [-0.2, 0) is 11.8 Å². The molecule has 2 aromatic heterocycles. The maximum Gasteiger partial charge on any atom is 0.259 e. The number of thiazole rings is 1. The lowest BCUT2D eigenvalue weighted by molar-refractivity contribution is -0.117. The van der Waals surface area contributed by atoms with E-state index in [9.17, 15) is 9.59 Å². The van der Waals surface area contributed by atoms with Gasteiger partial charge in [-0.15, -0.1) is 0 Å². The van der Waals surface area contributed by atoms with Gasteiger partial charge in [-0.05, 0) is 24.6 Å².